The molecule has 0 radical (unpaired) electrons. The minimum absolute atomic E-state index is 0.126. The summed E-state index contributed by atoms with van der Waals surface area (Å²) >= 11 is 0. The van der Waals surface area contributed by atoms with Crippen molar-refractivity contribution in [3.05, 3.63) is 72.1 Å². The van der Waals surface area contributed by atoms with Gasteiger partial charge in [-0.2, -0.15) is 0 Å². The van der Waals surface area contributed by atoms with Crippen molar-refractivity contribution < 1.29 is 23.5 Å². The van der Waals surface area contributed by atoms with E-state index >= 15 is 0 Å². The summed E-state index contributed by atoms with van der Waals surface area (Å²) in [6.07, 6.45) is 5.42. The third kappa shape index (κ3) is 2.77. The van der Waals surface area contributed by atoms with E-state index in [0.717, 1.165) is 6.42 Å². The Morgan fingerprint density at radius 3 is 2.26 bits per heavy atom. The molecule has 2 aromatic rings. The minimum Gasteiger partial charge on any atom is -0.485 e. The molecule has 6 heteroatoms. The van der Waals surface area contributed by atoms with Gasteiger partial charge in [-0.3, -0.25) is 14.4 Å². The summed E-state index contributed by atoms with van der Waals surface area (Å²) < 4.78 is 18.7. The van der Waals surface area contributed by atoms with Crippen LogP contribution in [0.2, 0.25) is 0 Å². The average molecular weight is 417 g/mol. The summed E-state index contributed by atoms with van der Waals surface area (Å²) in [4.78, 5) is 40.1. The van der Waals surface area contributed by atoms with E-state index in [-0.39, 0.29) is 47.9 Å². The zero-order valence-corrected chi connectivity index (χ0v) is 16.6. The summed E-state index contributed by atoms with van der Waals surface area (Å²) in [5.41, 5.74) is 0.831. The maximum Gasteiger partial charge on any atom is 0.238 e. The van der Waals surface area contributed by atoms with Crippen LogP contribution < -0.4 is 9.64 Å². The maximum atomic E-state index is 13.2. The van der Waals surface area contributed by atoms with E-state index in [1.54, 1.807) is 24.3 Å². The molecule has 2 bridgehead atoms. The van der Waals surface area contributed by atoms with Gasteiger partial charge in [0.25, 0.3) is 0 Å². The van der Waals surface area contributed by atoms with Crippen LogP contribution in [0.3, 0.4) is 0 Å². The molecule has 1 saturated heterocycles. The second-order valence-electron chi connectivity index (χ2n) is 8.88. The van der Waals surface area contributed by atoms with Gasteiger partial charge in [0.05, 0.1) is 17.5 Å². The van der Waals surface area contributed by atoms with Gasteiger partial charge in [0.2, 0.25) is 11.8 Å². The molecule has 156 valence electrons. The average Bonchev–Trinajstić information content (AvgIpc) is 3.56. The van der Waals surface area contributed by atoms with Crippen LogP contribution in [-0.2, 0) is 9.59 Å². The van der Waals surface area contributed by atoms with E-state index in [4.69, 9.17) is 4.74 Å². The number of rotatable bonds is 5. The molecule has 31 heavy (non-hydrogen) atoms. The molecule has 2 saturated carbocycles. The molecule has 1 heterocycles. The number of amides is 2. The first kappa shape index (κ1) is 18.5. The van der Waals surface area contributed by atoms with Crippen LogP contribution in [0.25, 0.3) is 0 Å². The molecule has 1 aliphatic heterocycles. The SMILES string of the molecule is O=C(COc1cccc(N2C(=O)[C@@H]3[C@@H]4C=C[C@H]([C@@H]5C[C@H]45)[C@H]3C2=O)c1)c1ccc(F)cc1. The lowest BCUT2D eigenvalue weighted by Gasteiger charge is -2.37. The van der Waals surface area contributed by atoms with Crippen LogP contribution in [0.4, 0.5) is 10.1 Å². The van der Waals surface area contributed by atoms with E-state index < -0.39 is 5.82 Å². The van der Waals surface area contributed by atoms with Crippen LogP contribution >= 0.6 is 0 Å². The molecule has 7 rings (SSSR count). The Kier molecular flexibility index (Phi) is 3.94. The molecule has 6 atom stereocenters. The Morgan fingerprint density at radius 2 is 1.61 bits per heavy atom. The summed E-state index contributed by atoms with van der Waals surface area (Å²) in [6, 6.07) is 12.0. The maximum absolute atomic E-state index is 13.2. The number of carbonyl (C=O) groups is 3. The monoisotopic (exact) mass is 417 g/mol. The number of benzene rings is 2. The van der Waals surface area contributed by atoms with Crippen molar-refractivity contribution in [3.8, 4) is 5.75 Å². The van der Waals surface area contributed by atoms with Gasteiger partial charge in [-0.15, -0.1) is 0 Å². The Balaban J connectivity index is 1.20. The van der Waals surface area contributed by atoms with Gasteiger partial charge >= 0.3 is 0 Å². The molecular weight excluding hydrogens is 397 g/mol. The number of allylic oxidation sites excluding steroid dienone is 2. The first-order valence-corrected chi connectivity index (χ1v) is 10.6. The summed E-state index contributed by atoms with van der Waals surface area (Å²) in [7, 11) is 0. The van der Waals surface area contributed by atoms with Gasteiger partial charge < -0.3 is 4.74 Å². The summed E-state index contributed by atoms with van der Waals surface area (Å²) in [5, 5.41) is 0. The highest BCUT2D eigenvalue weighted by atomic mass is 19.1. The highest BCUT2D eigenvalue weighted by Gasteiger charge is 2.67. The quantitative estimate of drug-likeness (QED) is 0.423. The van der Waals surface area contributed by atoms with E-state index in [9.17, 15) is 18.8 Å². The van der Waals surface area contributed by atoms with Crippen molar-refractivity contribution >= 4 is 23.3 Å². The summed E-state index contributed by atoms with van der Waals surface area (Å²) in [6.45, 7) is -0.223. The first-order valence-electron chi connectivity index (χ1n) is 10.6. The Morgan fingerprint density at radius 1 is 0.968 bits per heavy atom. The van der Waals surface area contributed by atoms with E-state index in [1.807, 2.05) is 0 Å². The van der Waals surface area contributed by atoms with Crippen LogP contribution in [0.5, 0.6) is 5.75 Å². The first-order chi connectivity index (χ1) is 15.0. The molecule has 4 aliphatic carbocycles. The van der Waals surface area contributed by atoms with Crippen molar-refractivity contribution in [2.45, 2.75) is 6.42 Å². The number of hydrogen-bond acceptors (Lipinski definition) is 4. The number of hydrogen-bond donors (Lipinski definition) is 0. The number of halogens is 1. The standard InChI is InChI=1S/C25H20FNO4/c26-14-6-4-13(5-7-14)21(28)12-31-16-3-1-2-15(10-16)27-24(29)22-17-8-9-18(20-11-19(17)20)23(22)25(27)30/h1-10,17-20,22-23H,11-12H2/t17-,18-,19-,20+,22-,23-/m1/s1. The minimum atomic E-state index is -0.411. The van der Waals surface area contributed by atoms with Crippen molar-refractivity contribution in [1.82, 2.24) is 0 Å². The van der Waals surface area contributed by atoms with Crippen molar-refractivity contribution in [2.24, 2.45) is 35.5 Å². The lowest BCUT2D eigenvalue weighted by molar-refractivity contribution is -0.124. The number of anilines is 1. The molecule has 0 aromatic heterocycles. The van der Waals surface area contributed by atoms with Crippen LogP contribution in [0, 0.1) is 41.3 Å². The zero-order valence-electron chi connectivity index (χ0n) is 16.6. The summed E-state index contributed by atoms with van der Waals surface area (Å²) in [5.74, 6) is 0.402. The van der Waals surface area contributed by atoms with Crippen LogP contribution in [-0.4, -0.2) is 24.2 Å². The number of ether oxygens (including phenoxy) is 1. The van der Waals surface area contributed by atoms with Crippen molar-refractivity contribution in [2.75, 3.05) is 11.5 Å². The van der Waals surface area contributed by atoms with E-state index in [1.165, 1.54) is 29.2 Å². The molecule has 0 N–H and O–H groups in total. The van der Waals surface area contributed by atoms with Gasteiger partial charge in [0.1, 0.15) is 11.6 Å². The molecule has 3 fully saturated rings. The smallest absolute Gasteiger partial charge is 0.238 e. The molecule has 0 unspecified atom stereocenters. The fraction of sp³-hybridized carbons (Fsp3) is 0.320. The number of Topliss-reactive ketones (excluding diaryl/α,β-unsaturated/α-hetero) is 1. The fourth-order valence-electron chi connectivity index (χ4n) is 5.79. The highest BCUT2D eigenvalue weighted by Crippen LogP contribution is 2.65. The third-order valence-electron chi connectivity index (χ3n) is 7.27. The Labute approximate surface area is 178 Å². The molecule has 2 aromatic carbocycles. The lowest BCUT2D eigenvalue weighted by Crippen LogP contribution is -2.40. The van der Waals surface area contributed by atoms with E-state index in [2.05, 4.69) is 12.2 Å². The number of nitrogens with zero attached hydrogens (tertiary/aromatic N) is 1. The molecule has 5 nitrogen and oxygen atoms in total. The normalized spacial score (nSPS) is 32.1. The Bertz CT molecular complexity index is 1100. The van der Waals surface area contributed by atoms with Gasteiger partial charge in [-0.1, -0.05) is 18.2 Å². The van der Waals surface area contributed by atoms with Gasteiger partial charge in [-0.25, -0.2) is 9.29 Å². The molecule has 2 amide bonds. The number of imide groups is 1. The third-order valence-corrected chi connectivity index (χ3v) is 7.27. The zero-order chi connectivity index (χ0) is 21.3. The molecular formula is C25H20FNO4. The number of carbonyl (C=O) groups excluding carboxylic acids is 3. The lowest BCUT2D eigenvalue weighted by atomic mass is 9.63. The molecule has 0 spiro atoms. The second kappa shape index (κ2) is 6.61. The van der Waals surface area contributed by atoms with Crippen LogP contribution in [0.1, 0.15) is 16.8 Å². The van der Waals surface area contributed by atoms with Gasteiger partial charge in [0, 0.05) is 11.6 Å². The largest absolute Gasteiger partial charge is 0.485 e. The second-order valence-corrected chi connectivity index (χ2v) is 8.88. The van der Waals surface area contributed by atoms with Gasteiger partial charge in [-0.05, 0) is 66.5 Å². The fourth-order valence-corrected chi connectivity index (χ4v) is 5.79. The van der Waals surface area contributed by atoms with Crippen molar-refractivity contribution in [3.63, 3.8) is 0 Å². The number of ketones is 1. The highest BCUT2D eigenvalue weighted by molar-refractivity contribution is 6.22. The van der Waals surface area contributed by atoms with Crippen molar-refractivity contribution in [1.29, 1.82) is 0 Å². The van der Waals surface area contributed by atoms with E-state index in [0.29, 0.717) is 28.8 Å². The predicted octanol–water partition coefficient (Wildman–Crippen LogP) is 3.64. The topological polar surface area (TPSA) is 63.7 Å². The van der Waals surface area contributed by atoms with Crippen LogP contribution in [0.15, 0.2) is 60.7 Å². The molecule has 5 aliphatic rings. The predicted molar refractivity (Wildman–Crippen MR) is 110 cm³/mol. The Hall–Kier alpha value is -3.28. The van der Waals surface area contributed by atoms with Gasteiger partial charge in [0.15, 0.2) is 12.4 Å².